The summed E-state index contributed by atoms with van der Waals surface area (Å²) in [5, 5.41) is 5.55. The molecule has 2 aromatic carbocycles. The lowest BCUT2D eigenvalue weighted by Gasteiger charge is -2.28. The van der Waals surface area contributed by atoms with Crippen LogP contribution in [0.4, 0.5) is 10.5 Å². The maximum absolute atomic E-state index is 13.1. The number of anilines is 1. The summed E-state index contributed by atoms with van der Waals surface area (Å²) in [6.07, 6.45) is 0.691. The molecule has 0 radical (unpaired) electrons. The zero-order valence-corrected chi connectivity index (χ0v) is 19.8. The third-order valence-corrected chi connectivity index (χ3v) is 5.26. The molecule has 10 nitrogen and oxygen atoms in total. The van der Waals surface area contributed by atoms with Gasteiger partial charge in [-0.1, -0.05) is 6.07 Å². The minimum atomic E-state index is -0.470. The van der Waals surface area contributed by atoms with Crippen LogP contribution in [0.25, 0.3) is 0 Å². The van der Waals surface area contributed by atoms with Crippen molar-refractivity contribution in [1.82, 2.24) is 10.0 Å². The molecule has 0 aromatic heterocycles. The van der Waals surface area contributed by atoms with E-state index < -0.39 is 12.0 Å². The molecule has 1 heterocycles. The second-order valence-corrected chi connectivity index (χ2v) is 7.44. The molecule has 182 valence electrons. The van der Waals surface area contributed by atoms with Crippen LogP contribution in [-0.4, -0.2) is 69.0 Å². The predicted octanol–water partition coefficient (Wildman–Crippen LogP) is 3.11. The van der Waals surface area contributed by atoms with Gasteiger partial charge in [0.1, 0.15) is 0 Å². The highest BCUT2D eigenvalue weighted by Gasteiger charge is 2.31. The van der Waals surface area contributed by atoms with Gasteiger partial charge in [-0.3, -0.25) is 4.79 Å². The summed E-state index contributed by atoms with van der Waals surface area (Å²) in [7, 11) is 4.52. The highest BCUT2D eigenvalue weighted by atomic mass is 16.5. The lowest BCUT2D eigenvalue weighted by Crippen LogP contribution is -2.47. The Hall–Kier alpha value is -3.95. The Kier molecular flexibility index (Phi) is 8.18. The molecule has 1 saturated heterocycles. The first-order valence-corrected chi connectivity index (χ1v) is 10.9. The van der Waals surface area contributed by atoms with Crippen LogP contribution >= 0.6 is 0 Å². The fourth-order valence-electron chi connectivity index (χ4n) is 3.71. The van der Waals surface area contributed by atoms with Crippen molar-refractivity contribution in [2.75, 3.05) is 46.3 Å². The Morgan fingerprint density at radius 1 is 0.941 bits per heavy atom. The summed E-state index contributed by atoms with van der Waals surface area (Å²) in [4.78, 5) is 38.0. The molecule has 0 aliphatic carbocycles. The first-order valence-electron chi connectivity index (χ1n) is 10.9. The van der Waals surface area contributed by atoms with Crippen LogP contribution in [0, 0.1) is 0 Å². The monoisotopic (exact) mass is 471 g/mol. The molecule has 0 spiro atoms. The van der Waals surface area contributed by atoms with Gasteiger partial charge in [0.25, 0.3) is 0 Å². The minimum absolute atomic E-state index is 0.0405. The van der Waals surface area contributed by atoms with Gasteiger partial charge in [0.05, 0.1) is 39.9 Å². The number of nitrogens with zero attached hydrogens (tertiary/aromatic N) is 2. The van der Waals surface area contributed by atoms with Crippen LogP contribution in [0.1, 0.15) is 29.3 Å². The average molecular weight is 472 g/mol. The van der Waals surface area contributed by atoms with E-state index in [0.29, 0.717) is 53.6 Å². The second-order valence-electron chi connectivity index (χ2n) is 7.44. The molecular weight excluding hydrogens is 442 g/mol. The van der Waals surface area contributed by atoms with Crippen molar-refractivity contribution < 1.29 is 33.3 Å². The lowest BCUT2D eigenvalue weighted by atomic mass is 10.1. The molecule has 1 aliphatic heterocycles. The van der Waals surface area contributed by atoms with E-state index in [1.807, 2.05) is 0 Å². The molecule has 0 atom stereocenters. The van der Waals surface area contributed by atoms with E-state index in [4.69, 9.17) is 18.9 Å². The Morgan fingerprint density at radius 3 is 2.24 bits per heavy atom. The van der Waals surface area contributed by atoms with Crippen molar-refractivity contribution in [2.45, 2.75) is 19.8 Å². The Morgan fingerprint density at radius 2 is 1.62 bits per heavy atom. The van der Waals surface area contributed by atoms with Crippen molar-refractivity contribution in [1.29, 1.82) is 0 Å². The Labute approximate surface area is 198 Å². The van der Waals surface area contributed by atoms with Crippen LogP contribution < -0.4 is 19.5 Å². The number of carbonyl (C=O) groups is 3. The van der Waals surface area contributed by atoms with Crippen LogP contribution in [0.5, 0.6) is 17.2 Å². The quantitative estimate of drug-likeness (QED) is 0.590. The van der Waals surface area contributed by atoms with Gasteiger partial charge in [0.2, 0.25) is 11.7 Å². The van der Waals surface area contributed by atoms with E-state index in [1.165, 1.54) is 37.4 Å². The van der Waals surface area contributed by atoms with Crippen LogP contribution in [0.2, 0.25) is 0 Å². The summed E-state index contributed by atoms with van der Waals surface area (Å²) < 4.78 is 21.0. The maximum atomic E-state index is 13.1. The van der Waals surface area contributed by atoms with Gasteiger partial charge >= 0.3 is 12.0 Å². The molecule has 0 unspecified atom stereocenters. The molecule has 0 bridgehead atoms. The van der Waals surface area contributed by atoms with E-state index >= 15 is 0 Å². The number of rotatable bonds is 8. The summed E-state index contributed by atoms with van der Waals surface area (Å²) in [5.41, 5.74) is 1.42. The van der Waals surface area contributed by atoms with E-state index in [2.05, 4.69) is 5.32 Å². The molecule has 3 amide bonds. The normalized spacial score (nSPS) is 12.8. The molecular formula is C24H29N3O7. The molecule has 1 fully saturated rings. The number of methoxy groups -OCH3 is 3. The third-order valence-electron chi connectivity index (χ3n) is 5.26. The Balaban J connectivity index is 1.72. The summed E-state index contributed by atoms with van der Waals surface area (Å²) in [6.45, 7) is 2.79. The number of benzene rings is 2. The fourth-order valence-corrected chi connectivity index (χ4v) is 3.71. The van der Waals surface area contributed by atoms with Crippen molar-refractivity contribution in [3.8, 4) is 17.2 Å². The van der Waals surface area contributed by atoms with Crippen LogP contribution in [0.3, 0.4) is 0 Å². The van der Waals surface area contributed by atoms with E-state index in [-0.39, 0.29) is 18.9 Å². The van der Waals surface area contributed by atoms with Gasteiger partial charge in [0.15, 0.2) is 11.5 Å². The lowest BCUT2D eigenvalue weighted by molar-refractivity contribution is -0.139. The van der Waals surface area contributed by atoms with E-state index in [1.54, 1.807) is 37.3 Å². The predicted molar refractivity (Wildman–Crippen MR) is 124 cm³/mol. The molecule has 34 heavy (non-hydrogen) atoms. The maximum Gasteiger partial charge on any atom is 0.340 e. The van der Waals surface area contributed by atoms with Crippen LogP contribution in [0.15, 0.2) is 36.4 Å². The standard InChI is InChI=1S/C24H29N3O7/c1-5-34-23(29)17-8-6-9-18(15-17)25-24(30)27-11-7-10-26(27)21(28)14-16-12-19(31-2)22(33-4)20(13-16)32-3/h6,8-9,12-13,15H,5,7,10-11,14H2,1-4H3,(H,25,30). The molecule has 2 aromatic rings. The van der Waals surface area contributed by atoms with Crippen molar-refractivity contribution in [3.05, 3.63) is 47.5 Å². The molecule has 1 N–H and O–H groups in total. The largest absolute Gasteiger partial charge is 0.493 e. The van der Waals surface area contributed by atoms with Crippen LogP contribution in [-0.2, 0) is 16.0 Å². The van der Waals surface area contributed by atoms with Gasteiger partial charge < -0.3 is 24.3 Å². The second kappa shape index (κ2) is 11.3. The minimum Gasteiger partial charge on any atom is -0.493 e. The highest BCUT2D eigenvalue weighted by Crippen LogP contribution is 2.38. The van der Waals surface area contributed by atoms with Gasteiger partial charge in [-0.2, -0.15) is 0 Å². The number of hydrogen-bond acceptors (Lipinski definition) is 7. The smallest absolute Gasteiger partial charge is 0.340 e. The number of hydrogen-bond donors (Lipinski definition) is 1. The number of esters is 1. The first kappa shape index (κ1) is 24.7. The first-order chi connectivity index (χ1) is 16.4. The summed E-state index contributed by atoms with van der Waals surface area (Å²) >= 11 is 0. The van der Waals surface area contributed by atoms with E-state index in [9.17, 15) is 14.4 Å². The number of urea groups is 1. The number of carbonyl (C=O) groups excluding carboxylic acids is 3. The van der Waals surface area contributed by atoms with Gasteiger partial charge in [-0.15, -0.1) is 0 Å². The number of ether oxygens (including phenoxy) is 4. The average Bonchev–Trinajstić information content (AvgIpc) is 3.34. The molecule has 3 rings (SSSR count). The third kappa shape index (κ3) is 5.51. The molecule has 1 aliphatic rings. The topological polar surface area (TPSA) is 107 Å². The van der Waals surface area contributed by atoms with Gasteiger partial charge in [0, 0.05) is 18.8 Å². The Bertz CT molecular complexity index is 1030. The van der Waals surface area contributed by atoms with Crippen molar-refractivity contribution >= 4 is 23.6 Å². The highest BCUT2D eigenvalue weighted by molar-refractivity contribution is 5.95. The summed E-state index contributed by atoms with van der Waals surface area (Å²) in [5.74, 6) is 0.613. The van der Waals surface area contributed by atoms with E-state index in [0.717, 1.165) is 0 Å². The van der Waals surface area contributed by atoms with Gasteiger partial charge in [-0.25, -0.2) is 19.6 Å². The zero-order valence-electron chi connectivity index (χ0n) is 19.8. The SMILES string of the molecule is CCOC(=O)c1cccc(NC(=O)N2CCCN2C(=O)Cc2cc(OC)c(OC)c(OC)c2)c1. The van der Waals surface area contributed by atoms with Crippen molar-refractivity contribution in [2.24, 2.45) is 0 Å². The number of amides is 3. The zero-order chi connectivity index (χ0) is 24.7. The van der Waals surface area contributed by atoms with Gasteiger partial charge in [-0.05, 0) is 49.2 Å². The fraction of sp³-hybridized carbons (Fsp3) is 0.375. The number of hydrazine groups is 1. The summed E-state index contributed by atoms with van der Waals surface area (Å²) in [6, 6.07) is 9.42. The molecule has 0 saturated carbocycles. The number of nitrogens with one attached hydrogen (secondary N) is 1. The molecule has 10 heteroatoms. The van der Waals surface area contributed by atoms with Crippen molar-refractivity contribution in [3.63, 3.8) is 0 Å².